The highest BCUT2D eigenvalue weighted by Crippen LogP contribution is 2.38. The zero-order valence-corrected chi connectivity index (χ0v) is 12.6. The van der Waals surface area contributed by atoms with E-state index in [1.807, 2.05) is 54.6 Å². The number of aliphatic hydroxyl groups is 1. The van der Waals surface area contributed by atoms with Gasteiger partial charge in [0.2, 0.25) is 0 Å². The van der Waals surface area contributed by atoms with Crippen LogP contribution in [0.1, 0.15) is 28.7 Å². The molecule has 3 rings (SSSR count). The van der Waals surface area contributed by atoms with Crippen LogP contribution in [-0.2, 0) is 9.68 Å². The van der Waals surface area contributed by atoms with Crippen molar-refractivity contribution in [2.24, 2.45) is 0 Å². The first-order valence-corrected chi connectivity index (χ1v) is 7.18. The molecule has 0 saturated heterocycles. The summed E-state index contributed by atoms with van der Waals surface area (Å²) in [4.78, 5) is 10.2. The summed E-state index contributed by atoms with van der Waals surface area (Å²) in [5.74, 6) is -0.0533. The number of fused-ring (bicyclic) bond motifs is 1. The first-order valence-electron chi connectivity index (χ1n) is 7.18. The van der Waals surface area contributed by atoms with Crippen molar-refractivity contribution in [3.8, 4) is 0 Å². The molecule has 4 heteroatoms. The average molecular weight is 297 g/mol. The number of nitrogens with zero attached hydrogens (tertiary/aromatic N) is 1. The van der Waals surface area contributed by atoms with Gasteiger partial charge in [0.15, 0.2) is 0 Å². The van der Waals surface area contributed by atoms with Crippen molar-refractivity contribution < 1.29 is 14.8 Å². The number of hydrogen-bond donors (Lipinski definition) is 1. The molecule has 0 radical (unpaired) electrons. The molecule has 0 saturated carbocycles. The monoisotopic (exact) mass is 297 g/mol. The SMILES string of the molecule is CON(OC)c1ccc(C2C=Cc3ccccc3C2O)cc1. The van der Waals surface area contributed by atoms with Gasteiger partial charge in [-0.3, -0.25) is 9.68 Å². The Morgan fingerprint density at radius 1 is 0.955 bits per heavy atom. The van der Waals surface area contributed by atoms with Crippen molar-refractivity contribution in [1.29, 1.82) is 0 Å². The lowest BCUT2D eigenvalue weighted by molar-refractivity contribution is -0.0433. The summed E-state index contributed by atoms with van der Waals surface area (Å²) in [5.41, 5.74) is 3.89. The van der Waals surface area contributed by atoms with Crippen molar-refractivity contribution >= 4 is 11.8 Å². The third-order valence-electron chi connectivity index (χ3n) is 3.96. The maximum Gasteiger partial charge on any atom is 0.0947 e. The highest BCUT2D eigenvalue weighted by Gasteiger charge is 2.25. The molecule has 0 amide bonds. The quantitative estimate of drug-likeness (QED) is 0.878. The van der Waals surface area contributed by atoms with Crippen LogP contribution in [0.5, 0.6) is 0 Å². The fraction of sp³-hybridized carbons (Fsp3) is 0.222. The normalized spacial score (nSPS) is 19.8. The molecule has 4 nitrogen and oxygen atoms in total. The summed E-state index contributed by atoms with van der Waals surface area (Å²) in [7, 11) is 3.09. The molecule has 2 aromatic carbocycles. The molecule has 1 aliphatic rings. The van der Waals surface area contributed by atoms with E-state index in [-0.39, 0.29) is 5.92 Å². The molecule has 1 N–H and O–H groups in total. The van der Waals surface area contributed by atoms with E-state index in [9.17, 15) is 5.11 Å². The number of rotatable bonds is 4. The molecule has 0 aliphatic heterocycles. The molecule has 1 aliphatic carbocycles. The molecule has 22 heavy (non-hydrogen) atoms. The Hall–Kier alpha value is -2.14. The van der Waals surface area contributed by atoms with Crippen molar-refractivity contribution in [3.05, 3.63) is 71.3 Å². The predicted molar refractivity (Wildman–Crippen MR) is 86.1 cm³/mol. The fourth-order valence-electron chi connectivity index (χ4n) is 2.84. The van der Waals surface area contributed by atoms with Crippen LogP contribution in [0.15, 0.2) is 54.6 Å². The van der Waals surface area contributed by atoms with Crippen molar-refractivity contribution in [2.45, 2.75) is 12.0 Å². The minimum Gasteiger partial charge on any atom is -0.387 e. The molecular formula is C18H19NO3. The Kier molecular flexibility index (Phi) is 4.24. The third-order valence-corrected chi connectivity index (χ3v) is 3.96. The van der Waals surface area contributed by atoms with Crippen molar-refractivity contribution in [2.75, 3.05) is 19.4 Å². The van der Waals surface area contributed by atoms with Crippen LogP contribution in [0.25, 0.3) is 6.08 Å². The standard InChI is InChI=1S/C18H19NO3/c1-21-19(22-2)15-10-7-14(8-11-15)17-12-9-13-5-3-4-6-16(13)18(17)20/h3-12,17-18,20H,1-2H3. The maximum absolute atomic E-state index is 10.6. The molecule has 0 heterocycles. The van der Waals surface area contributed by atoms with E-state index < -0.39 is 6.10 Å². The van der Waals surface area contributed by atoms with Crippen LogP contribution >= 0.6 is 0 Å². The zero-order valence-electron chi connectivity index (χ0n) is 12.6. The topological polar surface area (TPSA) is 41.9 Å². The summed E-state index contributed by atoms with van der Waals surface area (Å²) >= 11 is 0. The minimum absolute atomic E-state index is 0.0533. The van der Waals surface area contributed by atoms with Gasteiger partial charge in [-0.05, 0) is 28.8 Å². The molecule has 0 bridgehead atoms. The van der Waals surface area contributed by atoms with Crippen molar-refractivity contribution in [1.82, 2.24) is 0 Å². The van der Waals surface area contributed by atoms with E-state index >= 15 is 0 Å². The Labute approximate surface area is 130 Å². The third kappa shape index (κ3) is 2.64. The van der Waals surface area contributed by atoms with Gasteiger partial charge < -0.3 is 5.11 Å². The summed E-state index contributed by atoms with van der Waals surface area (Å²) in [6, 6.07) is 15.7. The summed E-state index contributed by atoms with van der Waals surface area (Å²) in [6.07, 6.45) is 3.58. The summed E-state index contributed by atoms with van der Waals surface area (Å²) in [6.45, 7) is 0. The van der Waals surface area contributed by atoms with E-state index in [1.165, 1.54) is 5.23 Å². The van der Waals surface area contributed by atoms with E-state index in [2.05, 4.69) is 6.08 Å². The molecule has 2 unspecified atom stereocenters. The zero-order chi connectivity index (χ0) is 15.5. The summed E-state index contributed by atoms with van der Waals surface area (Å²) < 4.78 is 0. The maximum atomic E-state index is 10.6. The van der Waals surface area contributed by atoms with Gasteiger partial charge in [-0.15, -0.1) is 5.23 Å². The molecule has 114 valence electrons. The van der Waals surface area contributed by atoms with E-state index in [1.54, 1.807) is 14.2 Å². The van der Waals surface area contributed by atoms with Crippen LogP contribution in [0, 0.1) is 0 Å². The van der Waals surface area contributed by atoms with Crippen LogP contribution in [0.2, 0.25) is 0 Å². The van der Waals surface area contributed by atoms with Gasteiger partial charge in [0.25, 0.3) is 0 Å². The second-order valence-corrected chi connectivity index (χ2v) is 5.17. The molecule has 0 spiro atoms. The average Bonchev–Trinajstić information content (AvgIpc) is 2.57. The van der Waals surface area contributed by atoms with Gasteiger partial charge in [-0.2, -0.15) is 0 Å². The molecule has 0 fully saturated rings. The number of benzene rings is 2. The van der Waals surface area contributed by atoms with Gasteiger partial charge in [0.1, 0.15) is 0 Å². The smallest absolute Gasteiger partial charge is 0.0947 e. The van der Waals surface area contributed by atoms with Crippen LogP contribution in [-0.4, -0.2) is 19.3 Å². The van der Waals surface area contributed by atoms with E-state index in [4.69, 9.17) is 9.68 Å². The van der Waals surface area contributed by atoms with Crippen LogP contribution < -0.4 is 5.23 Å². The first-order chi connectivity index (χ1) is 10.7. The van der Waals surface area contributed by atoms with Gasteiger partial charge in [-0.1, -0.05) is 48.6 Å². The Bertz CT molecular complexity index is 662. The van der Waals surface area contributed by atoms with Gasteiger partial charge in [0, 0.05) is 5.92 Å². The van der Waals surface area contributed by atoms with Crippen LogP contribution in [0.3, 0.4) is 0 Å². The largest absolute Gasteiger partial charge is 0.387 e. The number of hydrogen-bond acceptors (Lipinski definition) is 4. The Balaban J connectivity index is 1.87. The minimum atomic E-state index is -0.534. The Morgan fingerprint density at radius 2 is 1.64 bits per heavy atom. The van der Waals surface area contributed by atoms with E-state index in [0.717, 1.165) is 22.4 Å². The first kappa shape index (κ1) is 14.8. The lowest BCUT2D eigenvalue weighted by atomic mass is 9.83. The lowest BCUT2D eigenvalue weighted by Crippen LogP contribution is -2.19. The van der Waals surface area contributed by atoms with Gasteiger partial charge in [0.05, 0.1) is 26.0 Å². The van der Waals surface area contributed by atoms with E-state index in [0.29, 0.717) is 0 Å². The number of anilines is 1. The molecule has 2 atom stereocenters. The molecular weight excluding hydrogens is 278 g/mol. The number of aliphatic hydroxyl groups excluding tert-OH is 1. The highest BCUT2D eigenvalue weighted by molar-refractivity contribution is 5.60. The van der Waals surface area contributed by atoms with Gasteiger partial charge >= 0.3 is 0 Å². The van der Waals surface area contributed by atoms with Crippen LogP contribution in [0.4, 0.5) is 5.69 Å². The second-order valence-electron chi connectivity index (χ2n) is 5.17. The van der Waals surface area contributed by atoms with Crippen molar-refractivity contribution in [3.63, 3.8) is 0 Å². The molecule has 0 aromatic heterocycles. The fourth-order valence-corrected chi connectivity index (χ4v) is 2.84. The summed E-state index contributed by atoms with van der Waals surface area (Å²) in [5, 5.41) is 12.0. The Morgan fingerprint density at radius 3 is 2.32 bits per heavy atom. The highest BCUT2D eigenvalue weighted by atomic mass is 16.9. The predicted octanol–water partition coefficient (Wildman–Crippen LogP) is 3.46. The van der Waals surface area contributed by atoms with Gasteiger partial charge in [-0.25, -0.2) is 0 Å². The molecule has 2 aromatic rings. The second kappa shape index (κ2) is 6.32. The lowest BCUT2D eigenvalue weighted by Gasteiger charge is -2.26.